The molecule has 1 aromatic carbocycles. The van der Waals surface area contributed by atoms with Crippen LogP contribution in [0.15, 0.2) is 41.1 Å². The first kappa shape index (κ1) is 14.1. The van der Waals surface area contributed by atoms with Crippen molar-refractivity contribution in [1.29, 1.82) is 0 Å². The second-order valence-electron chi connectivity index (χ2n) is 3.81. The van der Waals surface area contributed by atoms with Crippen LogP contribution in [-0.2, 0) is 0 Å². The van der Waals surface area contributed by atoms with Crippen LogP contribution in [0.5, 0.6) is 5.75 Å². The lowest BCUT2D eigenvalue weighted by molar-refractivity contribution is 0.242. The smallest absolute Gasteiger partial charge is 0.119 e. The highest BCUT2D eigenvalue weighted by molar-refractivity contribution is 7.99. The van der Waals surface area contributed by atoms with Crippen LogP contribution in [-0.4, -0.2) is 18.4 Å². The summed E-state index contributed by atoms with van der Waals surface area (Å²) in [5, 5.41) is 0. The largest absolute Gasteiger partial charge is 0.491 e. The summed E-state index contributed by atoms with van der Waals surface area (Å²) >= 11 is 1.44. The molecule has 0 aromatic heterocycles. The first-order valence-electron chi connectivity index (χ1n) is 5.56. The summed E-state index contributed by atoms with van der Waals surface area (Å²) in [6, 6.07) is 7.65. The van der Waals surface area contributed by atoms with Crippen molar-refractivity contribution in [3.8, 4) is 5.75 Å². The maximum atomic E-state index is 13.1. The Balaban J connectivity index is 2.48. The van der Waals surface area contributed by atoms with Crippen LogP contribution in [0.3, 0.4) is 0 Å². The number of benzene rings is 1. The first-order chi connectivity index (χ1) is 8.11. The Labute approximate surface area is 106 Å². The number of rotatable bonds is 6. The van der Waals surface area contributed by atoms with Gasteiger partial charge in [0.2, 0.25) is 0 Å². The summed E-state index contributed by atoms with van der Waals surface area (Å²) in [5.41, 5.74) is 5.22. The maximum absolute atomic E-state index is 13.1. The maximum Gasteiger partial charge on any atom is 0.119 e. The van der Waals surface area contributed by atoms with Gasteiger partial charge in [-0.25, -0.2) is 4.39 Å². The molecule has 0 amide bonds. The Bertz CT molecular complexity index is 362. The van der Waals surface area contributed by atoms with E-state index in [-0.39, 0.29) is 18.5 Å². The minimum absolute atomic E-state index is 0.165. The first-order valence-corrected chi connectivity index (χ1v) is 6.54. The molecule has 0 saturated carbocycles. The number of hydrogen-bond acceptors (Lipinski definition) is 3. The highest BCUT2D eigenvalue weighted by Crippen LogP contribution is 2.23. The molecular weight excluding hydrogens is 237 g/mol. The van der Waals surface area contributed by atoms with Gasteiger partial charge >= 0.3 is 0 Å². The molecule has 0 saturated heterocycles. The van der Waals surface area contributed by atoms with Gasteiger partial charge in [0, 0.05) is 17.2 Å². The molecule has 1 rings (SSSR count). The van der Waals surface area contributed by atoms with Gasteiger partial charge < -0.3 is 10.5 Å². The van der Waals surface area contributed by atoms with Gasteiger partial charge in [-0.05, 0) is 44.2 Å². The van der Waals surface area contributed by atoms with E-state index in [0.717, 1.165) is 10.6 Å². The molecule has 0 fully saturated rings. The van der Waals surface area contributed by atoms with Crippen LogP contribution >= 0.6 is 11.8 Å². The van der Waals surface area contributed by atoms with Crippen molar-refractivity contribution < 1.29 is 9.13 Å². The van der Waals surface area contributed by atoms with Crippen molar-refractivity contribution in [2.75, 3.05) is 12.3 Å². The van der Waals surface area contributed by atoms with Gasteiger partial charge in [0.05, 0.1) is 6.10 Å². The van der Waals surface area contributed by atoms with Crippen molar-refractivity contribution in [2.24, 2.45) is 5.73 Å². The lowest BCUT2D eigenvalue weighted by Crippen LogP contribution is -2.05. The van der Waals surface area contributed by atoms with E-state index >= 15 is 0 Å². The fraction of sp³-hybridized carbons (Fsp3) is 0.385. The predicted molar refractivity (Wildman–Crippen MR) is 71.2 cm³/mol. The van der Waals surface area contributed by atoms with Crippen molar-refractivity contribution in [3.05, 3.63) is 36.2 Å². The summed E-state index contributed by atoms with van der Waals surface area (Å²) in [6.07, 6.45) is 1.56. The summed E-state index contributed by atoms with van der Waals surface area (Å²) in [7, 11) is 0. The van der Waals surface area contributed by atoms with E-state index in [1.54, 1.807) is 0 Å². The zero-order valence-corrected chi connectivity index (χ0v) is 11.0. The number of ether oxygens (including phenoxy) is 1. The summed E-state index contributed by atoms with van der Waals surface area (Å²) in [4.78, 5) is 1.02. The van der Waals surface area contributed by atoms with Gasteiger partial charge in [0.15, 0.2) is 0 Å². The Hall–Kier alpha value is -1.00. The van der Waals surface area contributed by atoms with Crippen LogP contribution in [0, 0.1) is 0 Å². The second-order valence-corrected chi connectivity index (χ2v) is 4.86. The molecule has 2 nitrogen and oxygen atoms in total. The van der Waals surface area contributed by atoms with Gasteiger partial charge in [-0.3, -0.25) is 0 Å². The van der Waals surface area contributed by atoms with E-state index < -0.39 is 0 Å². The molecule has 0 spiro atoms. The highest BCUT2D eigenvalue weighted by Gasteiger charge is 2.00. The number of nitrogens with two attached hydrogens (primary N) is 1. The van der Waals surface area contributed by atoms with Crippen molar-refractivity contribution in [3.63, 3.8) is 0 Å². The molecule has 4 heteroatoms. The van der Waals surface area contributed by atoms with Crippen LogP contribution in [0.2, 0.25) is 0 Å². The van der Waals surface area contributed by atoms with E-state index in [2.05, 4.69) is 0 Å². The van der Waals surface area contributed by atoms with Gasteiger partial charge in [-0.1, -0.05) is 0 Å². The molecule has 0 radical (unpaired) electrons. The number of halogens is 1. The minimum atomic E-state index is -0.181. The third-order valence-electron chi connectivity index (χ3n) is 1.91. The van der Waals surface area contributed by atoms with Crippen LogP contribution < -0.4 is 10.5 Å². The van der Waals surface area contributed by atoms with E-state index in [9.17, 15) is 4.39 Å². The van der Waals surface area contributed by atoms with E-state index in [0.29, 0.717) is 5.75 Å². The Kier molecular flexibility index (Phi) is 6.08. The predicted octanol–water partition coefficient (Wildman–Crippen LogP) is 3.38. The van der Waals surface area contributed by atoms with Crippen molar-refractivity contribution in [2.45, 2.75) is 24.8 Å². The lowest BCUT2D eigenvalue weighted by atomic mass is 10.3. The zero-order chi connectivity index (χ0) is 12.7. The fourth-order valence-corrected chi connectivity index (χ4v) is 1.98. The van der Waals surface area contributed by atoms with E-state index in [1.807, 2.05) is 38.1 Å². The monoisotopic (exact) mass is 255 g/mol. The molecule has 0 aliphatic rings. The standard InChI is InChI=1S/C13H18FNOS/c1-10(2)16-12-3-5-13(6-4-12)17-9-11(14)7-8-15/h3-7,10H,8-9,15H2,1-2H3/b11-7+. The third-order valence-corrected chi connectivity index (χ3v) is 2.94. The Morgan fingerprint density at radius 2 is 2.06 bits per heavy atom. The summed E-state index contributed by atoms with van der Waals surface area (Å²) in [5.74, 6) is 0.976. The van der Waals surface area contributed by atoms with Crippen LogP contribution in [0.25, 0.3) is 0 Å². The lowest BCUT2D eigenvalue weighted by Gasteiger charge is -2.09. The molecule has 17 heavy (non-hydrogen) atoms. The molecule has 0 heterocycles. The molecule has 94 valence electrons. The highest BCUT2D eigenvalue weighted by atomic mass is 32.2. The van der Waals surface area contributed by atoms with Gasteiger partial charge in [0.25, 0.3) is 0 Å². The van der Waals surface area contributed by atoms with Crippen LogP contribution in [0.1, 0.15) is 13.8 Å². The van der Waals surface area contributed by atoms with Gasteiger partial charge in [-0.2, -0.15) is 0 Å². The van der Waals surface area contributed by atoms with Gasteiger partial charge in [-0.15, -0.1) is 11.8 Å². The molecule has 0 bridgehead atoms. The quantitative estimate of drug-likeness (QED) is 0.791. The van der Waals surface area contributed by atoms with E-state index in [1.165, 1.54) is 17.8 Å². The SMILES string of the molecule is CC(C)Oc1ccc(SC/C(F)=C\CN)cc1. The molecule has 0 atom stereocenters. The Morgan fingerprint density at radius 3 is 2.59 bits per heavy atom. The Morgan fingerprint density at radius 1 is 1.41 bits per heavy atom. The fourth-order valence-electron chi connectivity index (χ4n) is 1.23. The summed E-state index contributed by atoms with van der Waals surface area (Å²) in [6.45, 7) is 4.21. The molecule has 0 unspecified atom stereocenters. The van der Waals surface area contributed by atoms with Gasteiger partial charge in [0.1, 0.15) is 11.6 Å². The van der Waals surface area contributed by atoms with E-state index in [4.69, 9.17) is 10.5 Å². The normalized spacial score (nSPS) is 11.9. The minimum Gasteiger partial charge on any atom is -0.491 e. The number of hydrogen-bond donors (Lipinski definition) is 1. The zero-order valence-electron chi connectivity index (χ0n) is 10.2. The topological polar surface area (TPSA) is 35.2 Å². The molecule has 1 aromatic rings. The van der Waals surface area contributed by atoms with Crippen LogP contribution in [0.4, 0.5) is 4.39 Å². The molecular formula is C13H18FNOS. The molecule has 0 aliphatic carbocycles. The number of thioether (sulfide) groups is 1. The van der Waals surface area contributed by atoms with Crippen molar-refractivity contribution >= 4 is 11.8 Å². The average Bonchev–Trinajstić information content (AvgIpc) is 2.28. The van der Waals surface area contributed by atoms with Crippen molar-refractivity contribution in [1.82, 2.24) is 0 Å². The summed E-state index contributed by atoms with van der Waals surface area (Å²) < 4.78 is 18.6. The molecule has 2 N–H and O–H groups in total. The second kappa shape index (κ2) is 7.35. The molecule has 0 aliphatic heterocycles. The third kappa shape index (κ3) is 5.75. The average molecular weight is 255 g/mol.